The fourth-order valence-electron chi connectivity index (χ4n) is 1.96. The van der Waals surface area contributed by atoms with E-state index in [0.29, 0.717) is 12.1 Å². The van der Waals surface area contributed by atoms with E-state index in [1.54, 1.807) is 10.6 Å². The van der Waals surface area contributed by atoms with Crippen LogP contribution in [0.3, 0.4) is 0 Å². The summed E-state index contributed by atoms with van der Waals surface area (Å²) in [4.78, 5) is 7.06. The van der Waals surface area contributed by atoms with Gasteiger partial charge in [-0.1, -0.05) is 62.1 Å². The van der Waals surface area contributed by atoms with Crippen LogP contribution in [-0.2, 0) is 0 Å². The second-order valence-corrected chi connectivity index (χ2v) is 11.4. The van der Waals surface area contributed by atoms with Gasteiger partial charge in [0.15, 0.2) is 0 Å². The number of nitrogens with one attached hydrogen (secondary N) is 2. The summed E-state index contributed by atoms with van der Waals surface area (Å²) in [5.74, 6) is 0. The van der Waals surface area contributed by atoms with Crippen molar-refractivity contribution in [1.29, 1.82) is 0 Å². The lowest BCUT2D eigenvalue weighted by Crippen LogP contribution is -2.20. The van der Waals surface area contributed by atoms with Gasteiger partial charge in [-0.15, -0.1) is 0 Å². The second-order valence-electron chi connectivity index (χ2n) is 5.80. The predicted octanol–water partition coefficient (Wildman–Crippen LogP) is 9.95. The van der Waals surface area contributed by atoms with Gasteiger partial charge in [0, 0.05) is 0 Å². The van der Waals surface area contributed by atoms with E-state index >= 15 is 0 Å². The normalized spacial score (nSPS) is 17.2. The number of rotatable bonds is 4. The molecule has 17 heteroatoms. The van der Waals surface area contributed by atoms with Crippen molar-refractivity contribution in [1.82, 2.24) is 0 Å². The smallest absolute Gasteiger partial charge is 0.306 e. The number of hydrogen-bond acceptors (Lipinski definition) is 1. The van der Waals surface area contributed by atoms with Crippen LogP contribution in [0.15, 0.2) is 46.2 Å². The molecule has 0 spiro atoms. The summed E-state index contributed by atoms with van der Waals surface area (Å²) in [5.41, 5.74) is -1.97. The molecule has 0 bridgehead atoms. The molecule has 0 atom stereocenters. The lowest BCUT2D eigenvalue weighted by atomic mass is 10.3. The minimum atomic E-state index is -10.1. The third-order valence-electron chi connectivity index (χ3n) is 3.26. The topological polar surface area (TPSA) is 41.1 Å². The van der Waals surface area contributed by atoms with Crippen molar-refractivity contribution in [2.24, 2.45) is 0 Å². The number of halogens is 12. The summed E-state index contributed by atoms with van der Waals surface area (Å²) in [6.07, 6.45) is 0. The van der Waals surface area contributed by atoms with Gasteiger partial charge in [-0.2, -0.15) is 0 Å². The molecule has 0 radical (unpaired) electrons. The molecule has 30 heavy (non-hydrogen) atoms. The minimum Gasteiger partial charge on any atom is -0.306 e. The molecule has 2 N–H and O–H groups in total. The molecule has 0 aliphatic carbocycles. The molecule has 3 nitrogen and oxygen atoms in total. The lowest BCUT2D eigenvalue weighted by Gasteiger charge is -2.40. The minimum absolute atomic E-state index is 0.0397. The Morgan fingerprint density at radius 2 is 0.933 bits per heavy atom. The van der Waals surface area contributed by atoms with E-state index in [-0.39, 0.29) is 24.3 Å². The van der Waals surface area contributed by atoms with Crippen molar-refractivity contribution in [3.05, 3.63) is 46.4 Å². The van der Waals surface area contributed by atoms with Gasteiger partial charge in [-0.05, 0) is 36.4 Å². The van der Waals surface area contributed by atoms with E-state index in [0.717, 1.165) is 0 Å². The molecule has 0 aliphatic heterocycles. The Bertz CT molecular complexity index is 974. The van der Waals surface area contributed by atoms with E-state index in [2.05, 4.69) is 0 Å². The quantitative estimate of drug-likeness (QED) is 0.378. The molecule has 2 aromatic carbocycles. The first-order chi connectivity index (χ1) is 12.9. The van der Waals surface area contributed by atoms with Gasteiger partial charge in [0.05, 0.1) is 21.4 Å². The average molecular weight is 533 g/mol. The molecule has 0 heterocycles. The Morgan fingerprint density at radius 1 is 0.633 bits per heavy atom. The van der Waals surface area contributed by atoms with Crippen LogP contribution in [0, 0.1) is 0 Å². The number of carbonyl (C=O) groups excluding carboxylic acids is 1. The Balaban J connectivity index is 2.37. The number of hydrogen-bond donors (Lipinski definition) is 2. The summed E-state index contributed by atoms with van der Waals surface area (Å²) in [5, 5.41) is 1.92. The molecule has 2 rings (SSSR count). The first kappa shape index (κ1) is 24.6. The number of anilines is 2. The fourth-order valence-corrected chi connectivity index (χ4v) is 3.62. The SMILES string of the molecule is O=C(Nc1cc(S(F)(F)(F)(F)F)ccc1Cl)Nc1cc(S(F)(F)(F)(F)F)ccc1Cl. The number of urea groups is 1. The van der Waals surface area contributed by atoms with E-state index in [1.807, 2.05) is 0 Å². The molecule has 0 aromatic heterocycles. The first-order valence-electron chi connectivity index (χ1n) is 7.01. The summed E-state index contributed by atoms with van der Waals surface area (Å²) in [7, 11) is -20.3. The predicted molar refractivity (Wildman–Crippen MR) is 98.3 cm³/mol. The highest BCUT2D eigenvalue weighted by Gasteiger charge is 2.66. The molecule has 0 unspecified atom stereocenters. The highest BCUT2D eigenvalue weighted by atomic mass is 35.5. The second kappa shape index (κ2) is 5.75. The zero-order valence-corrected chi connectivity index (χ0v) is 16.9. The van der Waals surface area contributed by atoms with E-state index < -0.39 is 57.7 Å². The van der Waals surface area contributed by atoms with E-state index in [9.17, 15) is 43.7 Å². The number of benzene rings is 2. The van der Waals surface area contributed by atoms with Crippen LogP contribution >= 0.6 is 43.6 Å². The Morgan fingerprint density at radius 3 is 1.20 bits per heavy atom. The molecule has 0 saturated heterocycles. The molecule has 2 aromatic rings. The molecule has 2 amide bonds. The van der Waals surface area contributed by atoms with Crippen LogP contribution in [0.4, 0.5) is 55.0 Å². The molecule has 172 valence electrons. The van der Waals surface area contributed by atoms with Crippen molar-refractivity contribution in [3.8, 4) is 0 Å². The highest BCUT2D eigenvalue weighted by molar-refractivity contribution is 8.46. The van der Waals surface area contributed by atoms with Crippen LogP contribution in [0.1, 0.15) is 0 Å². The van der Waals surface area contributed by atoms with Gasteiger partial charge >= 0.3 is 26.5 Å². The lowest BCUT2D eigenvalue weighted by molar-refractivity contribution is 0.262. The van der Waals surface area contributed by atoms with Crippen molar-refractivity contribution in [2.45, 2.75) is 9.79 Å². The van der Waals surface area contributed by atoms with Crippen molar-refractivity contribution in [3.63, 3.8) is 0 Å². The van der Waals surface area contributed by atoms with E-state index in [1.165, 1.54) is 0 Å². The summed E-state index contributed by atoms with van der Waals surface area (Å²) in [6, 6.07) is -1.29. The maximum atomic E-state index is 12.9. The summed E-state index contributed by atoms with van der Waals surface area (Å²) < 4.78 is 129. The molecular formula is C13H8Cl2F10N2OS2. The van der Waals surface area contributed by atoms with Gasteiger partial charge in [0.1, 0.15) is 9.79 Å². The van der Waals surface area contributed by atoms with Gasteiger partial charge in [0.2, 0.25) is 0 Å². The van der Waals surface area contributed by atoms with Gasteiger partial charge < -0.3 is 10.6 Å². The maximum Gasteiger partial charge on any atom is 0.323 e. The third-order valence-corrected chi connectivity index (χ3v) is 6.21. The fraction of sp³-hybridized carbons (Fsp3) is 0. The van der Waals surface area contributed by atoms with Crippen LogP contribution in [0.2, 0.25) is 10.0 Å². The summed E-state index contributed by atoms with van der Waals surface area (Å²) >= 11 is 11.1. The van der Waals surface area contributed by atoms with Crippen molar-refractivity contribution in [2.75, 3.05) is 10.6 Å². The largest absolute Gasteiger partial charge is 0.323 e. The van der Waals surface area contributed by atoms with Crippen LogP contribution in [0.25, 0.3) is 0 Å². The Kier molecular flexibility index (Phi) is 4.70. The number of carbonyl (C=O) groups is 1. The maximum absolute atomic E-state index is 12.9. The van der Waals surface area contributed by atoms with Gasteiger partial charge in [0.25, 0.3) is 0 Å². The van der Waals surface area contributed by atoms with E-state index in [4.69, 9.17) is 23.2 Å². The zero-order valence-electron chi connectivity index (χ0n) is 13.7. The van der Waals surface area contributed by atoms with Crippen molar-refractivity contribution < 1.29 is 43.7 Å². The van der Waals surface area contributed by atoms with Crippen molar-refractivity contribution >= 4 is 61.1 Å². The summed E-state index contributed by atoms with van der Waals surface area (Å²) in [6.45, 7) is 0. The monoisotopic (exact) mass is 532 g/mol. The van der Waals surface area contributed by atoms with Crippen LogP contribution in [0.5, 0.6) is 0 Å². The third kappa shape index (κ3) is 6.15. The Labute approximate surface area is 171 Å². The number of amides is 2. The first-order valence-corrected chi connectivity index (χ1v) is 11.7. The van der Waals surface area contributed by atoms with Gasteiger partial charge in [-0.25, -0.2) is 4.79 Å². The standard InChI is InChI=1S/C13H8Cl2F10N2OS2/c14-9-3-1-7(29(16,17,18,19)20)5-11(9)26-13(28)27-12-6-8(2-4-10(12)15)30(21,22,23,24)25/h1-6H,(H2,26,27,28). The van der Waals surface area contributed by atoms with Crippen LogP contribution in [-0.4, -0.2) is 6.03 Å². The molecule has 0 saturated carbocycles. The van der Waals surface area contributed by atoms with Crippen LogP contribution < -0.4 is 10.6 Å². The average Bonchev–Trinajstić information content (AvgIpc) is 2.46. The Hall–Kier alpha value is -1.71. The van der Waals surface area contributed by atoms with Gasteiger partial charge in [-0.3, -0.25) is 0 Å². The molecule has 0 aliphatic rings. The zero-order chi connectivity index (χ0) is 23.5. The highest BCUT2D eigenvalue weighted by Crippen LogP contribution is 3.02. The molecular weight excluding hydrogens is 525 g/mol. The molecule has 0 fully saturated rings.